The van der Waals surface area contributed by atoms with Gasteiger partial charge in [-0.25, -0.2) is 0 Å². The Kier molecular flexibility index (Phi) is 6.72. The first-order chi connectivity index (χ1) is 4.31. The largest absolute Gasteiger partial charge is 0.162 e. The average molecular weight is 145 g/mol. The molecule has 0 fully saturated rings. The Bertz CT molecular complexity index is 52.5. The molecular formula is C8H17S. The maximum Gasteiger partial charge on any atom is 0.00159 e. The molecule has 1 atom stereocenters. The van der Waals surface area contributed by atoms with Gasteiger partial charge in [-0.05, 0) is 12.7 Å². The molecule has 0 rings (SSSR count). The minimum Gasteiger partial charge on any atom is -0.162 e. The predicted octanol–water partition coefficient (Wildman–Crippen LogP) is 3.13. The monoisotopic (exact) mass is 145 g/mol. The zero-order valence-electron chi connectivity index (χ0n) is 6.52. The Hall–Kier alpha value is 0.350. The summed E-state index contributed by atoms with van der Waals surface area (Å²) in [4.78, 5) is 0. The first kappa shape index (κ1) is 9.35. The van der Waals surface area contributed by atoms with Gasteiger partial charge in [-0.3, -0.25) is 0 Å². The lowest BCUT2D eigenvalue weighted by Gasteiger charge is -2.05. The van der Waals surface area contributed by atoms with Gasteiger partial charge in [0, 0.05) is 5.25 Å². The van der Waals surface area contributed by atoms with Crippen molar-refractivity contribution in [2.75, 3.05) is 6.26 Å². The molecule has 0 aliphatic carbocycles. The van der Waals surface area contributed by atoms with Crippen molar-refractivity contribution in [3.63, 3.8) is 0 Å². The van der Waals surface area contributed by atoms with Gasteiger partial charge in [-0.2, -0.15) is 11.8 Å². The summed E-state index contributed by atoms with van der Waals surface area (Å²) in [5, 5.41) is 0.844. The molecule has 0 nitrogen and oxygen atoms in total. The molecule has 0 saturated heterocycles. The van der Waals surface area contributed by atoms with Gasteiger partial charge in [-0.1, -0.05) is 33.1 Å². The molecule has 0 aromatic rings. The molecule has 0 aliphatic rings. The third-order valence-corrected chi connectivity index (χ3v) is 2.55. The molecule has 9 heavy (non-hydrogen) atoms. The van der Waals surface area contributed by atoms with Gasteiger partial charge >= 0.3 is 0 Å². The maximum atomic E-state index is 3.80. The molecule has 0 aromatic heterocycles. The van der Waals surface area contributed by atoms with Crippen LogP contribution >= 0.6 is 11.8 Å². The van der Waals surface area contributed by atoms with E-state index < -0.39 is 0 Å². The van der Waals surface area contributed by atoms with Crippen LogP contribution in [0.15, 0.2) is 0 Å². The Morgan fingerprint density at radius 2 is 2.11 bits per heavy atom. The predicted molar refractivity (Wildman–Crippen MR) is 46.8 cm³/mol. The highest BCUT2D eigenvalue weighted by atomic mass is 32.2. The molecular weight excluding hydrogens is 128 g/mol. The van der Waals surface area contributed by atoms with Crippen molar-refractivity contribution in [3.05, 3.63) is 6.92 Å². The molecule has 0 spiro atoms. The summed E-state index contributed by atoms with van der Waals surface area (Å²) >= 11 is 1.95. The minimum absolute atomic E-state index is 0.844. The Morgan fingerprint density at radius 1 is 1.44 bits per heavy atom. The van der Waals surface area contributed by atoms with Crippen molar-refractivity contribution in [2.45, 2.75) is 37.9 Å². The van der Waals surface area contributed by atoms with E-state index in [1.54, 1.807) is 0 Å². The van der Waals surface area contributed by atoms with Gasteiger partial charge < -0.3 is 0 Å². The Morgan fingerprint density at radius 3 is 2.56 bits per heavy atom. The average Bonchev–Trinajstić information content (AvgIpc) is 1.89. The van der Waals surface area contributed by atoms with E-state index in [1.165, 1.54) is 19.3 Å². The highest BCUT2D eigenvalue weighted by Crippen LogP contribution is 2.13. The van der Waals surface area contributed by atoms with E-state index in [1.807, 2.05) is 11.8 Å². The van der Waals surface area contributed by atoms with Crippen molar-refractivity contribution < 1.29 is 0 Å². The van der Waals surface area contributed by atoms with Crippen LogP contribution in [0.2, 0.25) is 0 Å². The number of unbranched alkanes of at least 4 members (excludes halogenated alkanes) is 2. The van der Waals surface area contributed by atoms with Crippen LogP contribution < -0.4 is 0 Å². The van der Waals surface area contributed by atoms with Gasteiger partial charge in [0.05, 0.1) is 0 Å². The van der Waals surface area contributed by atoms with E-state index in [0.717, 1.165) is 11.7 Å². The lowest BCUT2D eigenvalue weighted by atomic mass is 10.2. The topological polar surface area (TPSA) is 0 Å². The summed E-state index contributed by atoms with van der Waals surface area (Å²) in [7, 11) is 0. The van der Waals surface area contributed by atoms with Gasteiger partial charge in [-0.15, -0.1) is 0 Å². The van der Waals surface area contributed by atoms with Gasteiger partial charge in [0.2, 0.25) is 0 Å². The number of hydrogen-bond acceptors (Lipinski definition) is 1. The highest BCUT2D eigenvalue weighted by Gasteiger charge is 1.96. The quantitative estimate of drug-likeness (QED) is 0.536. The van der Waals surface area contributed by atoms with Crippen LogP contribution in [-0.4, -0.2) is 11.5 Å². The normalized spacial score (nSPS) is 13.7. The fraction of sp³-hybridized carbons (Fsp3) is 0.875. The van der Waals surface area contributed by atoms with E-state index >= 15 is 0 Å². The lowest BCUT2D eigenvalue weighted by molar-refractivity contribution is 0.683. The second-order valence-electron chi connectivity index (χ2n) is 2.40. The van der Waals surface area contributed by atoms with E-state index in [-0.39, 0.29) is 0 Å². The van der Waals surface area contributed by atoms with Crippen LogP contribution in [0, 0.1) is 6.92 Å². The van der Waals surface area contributed by atoms with Crippen molar-refractivity contribution in [1.29, 1.82) is 0 Å². The Balaban J connectivity index is 2.88. The molecule has 0 saturated carbocycles. The summed E-state index contributed by atoms with van der Waals surface area (Å²) < 4.78 is 0. The van der Waals surface area contributed by atoms with Crippen LogP contribution in [-0.2, 0) is 0 Å². The van der Waals surface area contributed by atoms with Gasteiger partial charge in [0.25, 0.3) is 0 Å². The van der Waals surface area contributed by atoms with Crippen molar-refractivity contribution in [2.24, 2.45) is 0 Å². The van der Waals surface area contributed by atoms with E-state index in [0.29, 0.717) is 0 Å². The third kappa shape index (κ3) is 6.23. The summed E-state index contributed by atoms with van der Waals surface area (Å²) in [5.74, 6) is 0. The summed E-state index contributed by atoms with van der Waals surface area (Å²) in [6, 6.07) is 0. The molecule has 55 valence electrons. The van der Waals surface area contributed by atoms with Crippen molar-refractivity contribution in [1.82, 2.24) is 0 Å². The van der Waals surface area contributed by atoms with E-state index in [9.17, 15) is 0 Å². The molecule has 0 bridgehead atoms. The molecule has 1 heteroatoms. The number of hydrogen-bond donors (Lipinski definition) is 0. The minimum atomic E-state index is 0.844. The standard InChI is InChI=1S/C8H17S/c1-4-5-6-7-8(2)9-3/h8H,1,4-7H2,2-3H3. The van der Waals surface area contributed by atoms with E-state index in [2.05, 4.69) is 20.1 Å². The van der Waals surface area contributed by atoms with Gasteiger partial charge in [0.1, 0.15) is 0 Å². The number of thioether (sulfide) groups is 1. The van der Waals surface area contributed by atoms with Crippen LogP contribution in [0.3, 0.4) is 0 Å². The third-order valence-electron chi connectivity index (χ3n) is 1.51. The molecule has 0 aliphatic heterocycles. The zero-order valence-corrected chi connectivity index (χ0v) is 7.34. The van der Waals surface area contributed by atoms with Crippen LogP contribution in [0.5, 0.6) is 0 Å². The number of rotatable bonds is 5. The molecule has 0 N–H and O–H groups in total. The molecule has 0 amide bonds. The Labute approximate surface area is 63.4 Å². The van der Waals surface area contributed by atoms with Crippen LogP contribution in [0.25, 0.3) is 0 Å². The van der Waals surface area contributed by atoms with Crippen LogP contribution in [0.4, 0.5) is 0 Å². The first-order valence-corrected chi connectivity index (χ1v) is 4.92. The molecule has 0 aromatic carbocycles. The summed E-state index contributed by atoms with van der Waals surface area (Å²) in [6.45, 7) is 6.09. The second kappa shape index (κ2) is 6.47. The second-order valence-corrected chi connectivity index (χ2v) is 3.67. The molecule has 0 heterocycles. The highest BCUT2D eigenvalue weighted by molar-refractivity contribution is 7.99. The lowest BCUT2D eigenvalue weighted by Crippen LogP contribution is -1.93. The molecule has 1 unspecified atom stereocenters. The van der Waals surface area contributed by atoms with Crippen molar-refractivity contribution >= 4 is 11.8 Å². The summed E-state index contributed by atoms with van der Waals surface area (Å²) in [5.41, 5.74) is 0. The fourth-order valence-corrected chi connectivity index (χ4v) is 1.13. The molecule has 1 radical (unpaired) electrons. The zero-order chi connectivity index (χ0) is 7.11. The maximum absolute atomic E-state index is 3.80. The summed E-state index contributed by atoms with van der Waals surface area (Å²) in [6.07, 6.45) is 7.28. The smallest absolute Gasteiger partial charge is 0.00159 e. The van der Waals surface area contributed by atoms with Gasteiger partial charge in [0.15, 0.2) is 0 Å². The SMILES string of the molecule is [CH2]CCCCC(C)SC. The van der Waals surface area contributed by atoms with Crippen LogP contribution in [0.1, 0.15) is 32.6 Å². The first-order valence-electron chi connectivity index (χ1n) is 3.63. The fourth-order valence-electron chi connectivity index (χ4n) is 0.726. The van der Waals surface area contributed by atoms with E-state index in [4.69, 9.17) is 0 Å². The van der Waals surface area contributed by atoms with Crippen molar-refractivity contribution in [3.8, 4) is 0 Å².